The fraction of sp³-hybridized carbons (Fsp3) is 0.692. The van der Waals surface area contributed by atoms with Gasteiger partial charge in [-0.3, -0.25) is 14.5 Å². The first-order chi connectivity index (χ1) is 17.5. The van der Waals surface area contributed by atoms with Crippen LogP contribution in [0.5, 0.6) is 0 Å². The highest BCUT2D eigenvalue weighted by atomic mass is 19.4. The number of carbonyl (C=O) groups excluding carboxylic acids is 1. The Morgan fingerprint density at radius 2 is 1.89 bits per heavy atom. The van der Waals surface area contributed by atoms with Gasteiger partial charge in [0.25, 0.3) is 0 Å². The minimum atomic E-state index is -4.19. The van der Waals surface area contributed by atoms with Crippen molar-refractivity contribution in [3.63, 3.8) is 0 Å². The van der Waals surface area contributed by atoms with Crippen molar-refractivity contribution in [2.75, 3.05) is 19.6 Å². The number of alkyl halides is 4. The SMILES string of the molecule is Cc1nc(CC(=O)N[C@H]2CC[C@](F)(CCN3CCc4ccc(CCC(F)(F)F)nc4CC3)CC2)n(C)n1. The monoisotopic (exact) mass is 524 g/mol. The molecule has 0 radical (unpaired) electrons. The third kappa shape index (κ3) is 7.96. The fourth-order valence-electron chi connectivity index (χ4n) is 5.33. The first-order valence-electron chi connectivity index (χ1n) is 13.1. The predicted molar refractivity (Wildman–Crippen MR) is 131 cm³/mol. The molecule has 204 valence electrons. The van der Waals surface area contributed by atoms with E-state index in [2.05, 4.69) is 25.3 Å². The van der Waals surface area contributed by atoms with Gasteiger partial charge >= 0.3 is 6.18 Å². The summed E-state index contributed by atoms with van der Waals surface area (Å²) in [7, 11) is 1.76. The first kappa shape index (κ1) is 27.5. The maximum absolute atomic E-state index is 15.6. The molecule has 0 atom stereocenters. The topological polar surface area (TPSA) is 75.9 Å². The summed E-state index contributed by atoms with van der Waals surface area (Å²) in [6.45, 7) is 3.92. The van der Waals surface area contributed by atoms with Crippen LogP contribution in [0.2, 0.25) is 0 Å². The average molecular weight is 525 g/mol. The molecule has 2 aromatic rings. The number of rotatable bonds is 8. The number of carbonyl (C=O) groups is 1. The molecule has 1 aliphatic heterocycles. The molecule has 11 heteroatoms. The minimum Gasteiger partial charge on any atom is -0.353 e. The van der Waals surface area contributed by atoms with Crippen LogP contribution in [0.15, 0.2) is 12.1 Å². The van der Waals surface area contributed by atoms with Crippen molar-refractivity contribution in [3.8, 4) is 0 Å². The molecule has 1 saturated carbocycles. The van der Waals surface area contributed by atoms with E-state index in [1.165, 1.54) is 0 Å². The van der Waals surface area contributed by atoms with Crippen molar-refractivity contribution >= 4 is 5.91 Å². The van der Waals surface area contributed by atoms with E-state index >= 15 is 4.39 Å². The lowest BCUT2D eigenvalue weighted by Crippen LogP contribution is -2.43. The van der Waals surface area contributed by atoms with Gasteiger partial charge in [0.1, 0.15) is 17.3 Å². The van der Waals surface area contributed by atoms with Crippen molar-refractivity contribution in [2.24, 2.45) is 7.05 Å². The van der Waals surface area contributed by atoms with Crippen LogP contribution in [0.4, 0.5) is 17.6 Å². The van der Waals surface area contributed by atoms with Gasteiger partial charge in [0.15, 0.2) is 0 Å². The Bertz CT molecular complexity index is 1080. The lowest BCUT2D eigenvalue weighted by Gasteiger charge is -2.35. The van der Waals surface area contributed by atoms with Gasteiger partial charge in [-0.1, -0.05) is 6.07 Å². The molecular weight excluding hydrogens is 488 g/mol. The van der Waals surface area contributed by atoms with Gasteiger partial charge in [0.2, 0.25) is 5.91 Å². The van der Waals surface area contributed by atoms with Gasteiger partial charge in [-0.2, -0.15) is 18.3 Å². The molecule has 2 aromatic heterocycles. The molecular formula is C26H36F4N6O. The number of hydrogen-bond donors (Lipinski definition) is 1. The number of fused-ring (bicyclic) bond motifs is 1. The standard InChI is InChI=1S/C26H36F4N6O/c1-18-31-23(35(2)34-18)17-24(37)33-21-5-10-25(27,11-6-21)13-16-36-14-8-19-3-4-20(7-12-26(28,29)30)32-22(19)9-15-36/h3-4,21H,5-17H2,1-2H3,(H,33,37)/t21-,25+. The highest BCUT2D eigenvalue weighted by Gasteiger charge is 2.36. The largest absolute Gasteiger partial charge is 0.389 e. The second kappa shape index (κ2) is 11.4. The first-order valence-corrected chi connectivity index (χ1v) is 13.1. The Hall–Kier alpha value is -2.56. The van der Waals surface area contributed by atoms with Crippen molar-refractivity contribution < 1.29 is 22.4 Å². The Kier molecular flexibility index (Phi) is 8.50. The number of pyridine rings is 1. The highest BCUT2D eigenvalue weighted by Crippen LogP contribution is 2.35. The molecule has 1 fully saturated rings. The lowest BCUT2D eigenvalue weighted by atomic mass is 9.81. The van der Waals surface area contributed by atoms with Crippen LogP contribution in [0, 0.1) is 6.92 Å². The summed E-state index contributed by atoms with van der Waals surface area (Å²) in [4.78, 5) is 23.4. The summed E-state index contributed by atoms with van der Waals surface area (Å²) in [5.41, 5.74) is 1.16. The number of nitrogens with zero attached hydrogens (tertiary/aromatic N) is 5. The summed E-state index contributed by atoms with van der Waals surface area (Å²) in [5.74, 6) is 1.12. The van der Waals surface area contributed by atoms with Crippen molar-refractivity contribution in [2.45, 2.75) is 89.0 Å². The number of amides is 1. The number of halogens is 4. The van der Waals surface area contributed by atoms with E-state index in [0.717, 1.165) is 30.8 Å². The quantitative estimate of drug-likeness (QED) is 0.532. The van der Waals surface area contributed by atoms with Gasteiger partial charge in [-0.05, 0) is 63.5 Å². The molecule has 7 nitrogen and oxygen atoms in total. The van der Waals surface area contributed by atoms with Gasteiger partial charge in [0.05, 0.1) is 6.42 Å². The molecule has 3 heterocycles. The maximum atomic E-state index is 15.6. The van der Waals surface area contributed by atoms with Gasteiger partial charge < -0.3 is 10.2 Å². The number of hydrogen-bond acceptors (Lipinski definition) is 5. The number of aryl methyl sites for hydroxylation is 3. The zero-order valence-corrected chi connectivity index (χ0v) is 21.6. The normalized spacial score (nSPS) is 22.9. The smallest absolute Gasteiger partial charge is 0.353 e. The molecule has 0 unspecified atom stereocenters. The Balaban J connectivity index is 1.20. The molecule has 1 amide bonds. The van der Waals surface area contributed by atoms with Gasteiger partial charge in [0, 0.05) is 57.0 Å². The van der Waals surface area contributed by atoms with E-state index in [4.69, 9.17) is 0 Å². The van der Waals surface area contributed by atoms with Crippen molar-refractivity contribution in [1.82, 2.24) is 30.0 Å². The van der Waals surface area contributed by atoms with E-state index in [0.29, 0.717) is 62.4 Å². The van der Waals surface area contributed by atoms with Gasteiger partial charge in [-0.25, -0.2) is 9.37 Å². The summed E-state index contributed by atoms with van der Waals surface area (Å²) in [5, 5.41) is 7.18. The van der Waals surface area contributed by atoms with Crippen LogP contribution in [0.25, 0.3) is 0 Å². The lowest BCUT2D eigenvalue weighted by molar-refractivity contribution is -0.134. The molecule has 0 aromatic carbocycles. The second-order valence-electron chi connectivity index (χ2n) is 10.5. The fourth-order valence-corrected chi connectivity index (χ4v) is 5.33. The molecule has 37 heavy (non-hydrogen) atoms. The predicted octanol–water partition coefficient (Wildman–Crippen LogP) is 3.81. The van der Waals surface area contributed by atoms with Crippen molar-refractivity contribution in [3.05, 3.63) is 40.7 Å². The third-order valence-corrected chi connectivity index (χ3v) is 7.55. The van der Waals surface area contributed by atoms with Crippen LogP contribution in [-0.2, 0) is 37.5 Å². The van der Waals surface area contributed by atoms with Crippen LogP contribution < -0.4 is 5.32 Å². The van der Waals surface area contributed by atoms with Gasteiger partial charge in [-0.15, -0.1) is 0 Å². The second-order valence-corrected chi connectivity index (χ2v) is 10.5. The van der Waals surface area contributed by atoms with Crippen LogP contribution in [-0.4, -0.2) is 68.1 Å². The van der Waals surface area contributed by atoms with Crippen LogP contribution in [0.1, 0.15) is 67.1 Å². The number of aromatic nitrogens is 4. The summed E-state index contributed by atoms with van der Waals surface area (Å²) in [6, 6.07) is 3.56. The highest BCUT2D eigenvalue weighted by molar-refractivity contribution is 5.78. The van der Waals surface area contributed by atoms with E-state index in [1.54, 1.807) is 24.7 Å². The Morgan fingerprint density at radius 1 is 1.16 bits per heavy atom. The molecule has 1 N–H and O–H groups in total. The third-order valence-electron chi connectivity index (χ3n) is 7.55. The summed E-state index contributed by atoms with van der Waals surface area (Å²) in [6.07, 6.45) is -1.09. The Morgan fingerprint density at radius 3 is 2.57 bits per heavy atom. The summed E-state index contributed by atoms with van der Waals surface area (Å²) >= 11 is 0. The van der Waals surface area contributed by atoms with Crippen LogP contribution in [0.3, 0.4) is 0 Å². The zero-order valence-electron chi connectivity index (χ0n) is 21.6. The van der Waals surface area contributed by atoms with Crippen molar-refractivity contribution in [1.29, 1.82) is 0 Å². The van der Waals surface area contributed by atoms with Crippen LogP contribution >= 0.6 is 0 Å². The molecule has 0 bridgehead atoms. The molecule has 1 aliphatic carbocycles. The zero-order chi connectivity index (χ0) is 26.6. The number of nitrogens with one attached hydrogen (secondary N) is 1. The molecule has 0 spiro atoms. The van der Waals surface area contributed by atoms with E-state index < -0.39 is 18.3 Å². The van der Waals surface area contributed by atoms with E-state index in [1.807, 2.05) is 6.07 Å². The van der Waals surface area contributed by atoms with E-state index in [-0.39, 0.29) is 24.8 Å². The minimum absolute atomic E-state index is 0.0315. The molecule has 0 saturated heterocycles. The summed E-state index contributed by atoms with van der Waals surface area (Å²) < 4.78 is 54.8. The van der Waals surface area contributed by atoms with E-state index in [9.17, 15) is 18.0 Å². The average Bonchev–Trinajstić information content (AvgIpc) is 3.02. The Labute approximate surface area is 215 Å². The molecule has 4 rings (SSSR count). The maximum Gasteiger partial charge on any atom is 0.389 e. The molecule has 2 aliphatic rings.